The fourth-order valence-corrected chi connectivity index (χ4v) is 3.74. The molecule has 0 saturated heterocycles. The third-order valence-electron chi connectivity index (χ3n) is 4.98. The van der Waals surface area contributed by atoms with Gasteiger partial charge >= 0.3 is 0 Å². The molecule has 158 valence electrons. The number of benzene rings is 2. The third-order valence-corrected chi connectivity index (χ3v) is 5.91. The van der Waals surface area contributed by atoms with E-state index in [1.54, 1.807) is 12.1 Å². The molecular weight excluding hydrogens is 386 g/mol. The Labute approximate surface area is 173 Å². The monoisotopic (exact) mass is 417 g/mol. The lowest BCUT2D eigenvalue weighted by atomic mass is 9.95. The van der Waals surface area contributed by atoms with Gasteiger partial charge in [0.05, 0.1) is 17.5 Å². The number of aryl methyl sites for hydroxylation is 1. The molecule has 0 aliphatic rings. The molecule has 2 atom stereocenters. The van der Waals surface area contributed by atoms with Crippen molar-refractivity contribution in [3.05, 3.63) is 65.2 Å². The van der Waals surface area contributed by atoms with Crippen LogP contribution in [0.3, 0.4) is 0 Å². The Morgan fingerprint density at radius 2 is 1.52 bits per heavy atom. The topological polar surface area (TPSA) is 101 Å². The minimum absolute atomic E-state index is 0.0512. The number of hydrogen-bond donors (Lipinski definition) is 3. The number of nitrogens with one attached hydrogen (secondary N) is 2. The number of hydrogen-bond acceptors (Lipinski definition) is 4. The maximum Gasteiger partial charge on any atom is 0.238 e. The zero-order valence-electron chi connectivity index (χ0n) is 17.5. The van der Waals surface area contributed by atoms with Gasteiger partial charge in [0, 0.05) is 6.04 Å². The maximum absolute atomic E-state index is 12.4. The average Bonchev–Trinajstić information content (AvgIpc) is 2.67. The molecule has 2 rings (SSSR count). The van der Waals surface area contributed by atoms with E-state index in [0.29, 0.717) is 5.92 Å². The number of primary sulfonamides is 1. The molecule has 6 nitrogen and oxygen atoms in total. The maximum atomic E-state index is 12.4. The van der Waals surface area contributed by atoms with Crippen molar-refractivity contribution in [2.45, 2.75) is 51.1 Å². The summed E-state index contributed by atoms with van der Waals surface area (Å²) >= 11 is 0. The van der Waals surface area contributed by atoms with Gasteiger partial charge in [-0.3, -0.25) is 4.79 Å². The van der Waals surface area contributed by atoms with E-state index in [-0.39, 0.29) is 29.4 Å². The molecule has 0 fully saturated rings. The van der Waals surface area contributed by atoms with Crippen LogP contribution in [0.1, 0.15) is 56.5 Å². The van der Waals surface area contributed by atoms with E-state index in [2.05, 4.69) is 55.7 Å². The molecule has 0 radical (unpaired) electrons. The molecule has 0 heterocycles. The first-order valence-electron chi connectivity index (χ1n) is 9.86. The van der Waals surface area contributed by atoms with Crippen molar-refractivity contribution in [1.29, 1.82) is 0 Å². The fraction of sp³-hybridized carbons (Fsp3) is 0.409. The fourth-order valence-electron chi connectivity index (χ4n) is 3.22. The first-order chi connectivity index (χ1) is 13.6. The van der Waals surface area contributed by atoms with Crippen molar-refractivity contribution in [1.82, 2.24) is 10.6 Å². The van der Waals surface area contributed by atoms with Crippen LogP contribution in [-0.2, 0) is 21.2 Å². The highest BCUT2D eigenvalue weighted by molar-refractivity contribution is 7.89. The molecule has 0 aliphatic heterocycles. The smallest absolute Gasteiger partial charge is 0.238 e. The summed E-state index contributed by atoms with van der Waals surface area (Å²) in [5.74, 6) is 0.210. The highest BCUT2D eigenvalue weighted by atomic mass is 32.2. The van der Waals surface area contributed by atoms with Crippen molar-refractivity contribution in [3.63, 3.8) is 0 Å². The van der Waals surface area contributed by atoms with Gasteiger partial charge in [-0.15, -0.1) is 0 Å². The standard InChI is InChI=1S/C22H31N3O3S/c1-5-17-6-8-19(9-7-17)22(15(2)3)24-14-21(26)25-16(4)18-10-12-20(13-11-18)29(23,27)28/h6-13,15-16,22,24H,5,14H2,1-4H3,(H,25,26)(H2,23,27,28)/t16-,22-/m1/s1. The van der Waals surface area contributed by atoms with Crippen LogP contribution in [0.4, 0.5) is 0 Å². The van der Waals surface area contributed by atoms with E-state index >= 15 is 0 Å². The molecule has 0 bridgehead atoms. The summed E-state index contributed by atoms with van der Waals surface area (Å²) in [7, 11) is -3.72. The van der Waals surface area contributed by atoms with Gasteiger partial charge in [-0.25, -0.2) is 13.6 Å². The van der Waals surface area contributed by atoms with Gasteiger partial charge in [0.25, 0.3) is 0 Å². The Hall–Kier alpha value is -2.22. The van der Waals surface area contributed by atoms with Crippen molar-refractivity contribution in [3.8, 4) is 0 Å². The predicted octanol–water partition coefficient (Wildman–Crippen LogP) is 3.06. The molecular formula is C22H31N3O3S. The van der Waals surface area contributed by atoms with Crippen LogP contribution in [0.25, 0.3) is 0 Å². The minimum atomic E-state index is -3.72. The number of carbonyl (C=O) groups is 1. The molecule has 29 heavy (non-hydrogen) atoms. The Balaban J connectivity index is 1.96. The van der Waals surface area contributed by atoms with Crippen molar-refractivity contribution >= 4 is 15.9 Å². The first kappa shape index (κ1) is 23.1. The van der Waals surface area contributed by atoms with Gasteiger partial charge in [0.2, 0.25) is 15.9 Å². The zero-order valence-corrected chi connectivity index (χ0v) is 18.3. The zero-order chi connectivity index (χ0) is 21.6. The highest BCUT2D eigenvalue weighted by Crippen LogP contribution is 2.22. The molecule has 1 amide bonds. The van der Waals surface area contributed by atoms with Gasteiger partial charge in [-0.2, -0.15) is 0 Å². The third kappa shape index (κ3) is 6.66. The molecule has 4 N–H and O–H groups in total. The average molecular weight is 418 g/mol. The Kier molecular flexibility index (Phi) is 7.96. The molecule has 0 unspecified atom stereocenters. The van der Waals surface area contributed by atoms with E-state index < -0.39 is 10.0 Å². The molecule has 0 saturated carbocycles. The second kappa shape index (κ2) is 10.0. The number of amides is 1. The Morgan fingerprint density at radius 1 is 0.966 bits per heavy atom. The lowest BCUT2D eigenvalue weighted by molar-refractivity contribution is -0.121. The van der Waals surface area contributed by atoms with Crippen molar-refractivity contribution < 1.29 is 13.2 Å². The van der Waals surface area contributed by atoms with Crippen LogP contribution >= 0.6 is 0 Å². The van der Waals surface area contributed by atoms with Gasteiger partial charge in [-0.1, -0.05) is 57.2 Å². The minimum Gasteiger partial charge on any atom is -0.348 e. The number of sulfonamides is 1. The summed E-state index contributed by atoms with van der Waals surface area (Å²) in [6.07, 6.45) is 0.999. The molecule has 2 aromatic carbocycles. The second-order valence-corrected chi connectivity index (χ2v) is 9.16. The molecule has 0 spiro atoms. The number of nitrogens with two attached hydrogens (primary N) is 1. The normalized spacial score (nSPS) is 13.9. The Bertz CT molecular complexity index is 907. The van der Waals surface area contributed by atoms with E-state index in [0.717, 1.165) is 17.5 Å². The summed E-state index contributed by atoms with van der Waals surface area (Å²) in [5.41, 5.74) is 3.26. The van der Waals surface area contributed by atoms with Gasteiger partial charge < -0.3 is 10.6 Å². The van der Waals surface area contributed by atoms with E-state index in [9.17, 15) is 13.2 Å². The summed E-state index contributed by atoms with van der Waals surface area (Å²) in [4.78, 5) is 12.5. The van der Waals surface area contributed by atoms with Crippen molar-refractivity contribution in [2.75, 3.05) is 6.54 Å². The highest BCUT2D eigenvalue weighted by Gasteiger charge is 2.18. The summed E-state index contributed by atoms with van der Waals surface area (Å²) in [6.45, 7) is 8.42. The van der Waals surface area contributed by atoms with E-state index in [4.69, 9.17) is 5.14 Å². The summed E-state index contributed by atoms with van der Waals surface area (Å²) in [6, 6.07) is 14.5. The van der Waals surface area contributed by atoms with Crippen LogP contribution < -0.4 is 15.8 Å². The van der Waals surface area contributed by atoms with Gasteiger partial charge in [0.1, 0.15) is 0 Å². The van der Waals surface area contributed by atoms with Crippen LogP contribution in [0.15, 0.2) is 53.4 Å². The summed E-state index contributed by atoms with van der Waals surface area (Å²) in [5, 5.41) is 11.4. The molecule has 0 aliphatic carbocycles. The lowest BCUT2D eigenvalue weighted by Crippen LogP contribution is -2.38. The predicted molar refractivity (Wildman–Crippen MR) is 116 cm³/mol. The molecule has 2 aromatic rings. The van der Waals surface area contributed by atoms with Crippen LogP contribution in [0, 0.1) is 5.92 Å². The van der Waals surface area contributed by atoms with Gasteiger partial charge in [-0.05, 0) is 48.1 Å². The van der Waals surface area contributed by atoms with Crippen LogP contribution in [0.5, 0.6) is 0 Å². The lowest BCUT2D eigenvalue weighted by Gasteiger charge is -2.24. The first-order valence-corrected chi connectivity index (χ1v) is 11.4. The van der Waals surface area contributed by atoms with Crippen molar-refractivity contribution in [2.24, 2.45) is 11.1 Å². The molecule has 7 heteroatoms. The summed E-state index contributed by atoms with van der Waals surface area (Å²) < 4.78 is 22.7. The Morgan fingerprint density at radius 3 is 2.00 bits per heavy atom. The molecule has 0 aromatic heterocycles. The van der Waals surface area contributed by atoms with E-state index in [1.807, 2.05) is 6.92 Å². The second-order valence-electron chi connectivity index (χ2n) is 7.60. The van der Waals surface area contributed by atoms with Gasteiger partial charge in [0.15, 0.2) is 0 Å². The number of rotatable bonds is 9. The van der Waals surface area contributed by atoms with E-state index in [1.165, 1.54) is 17.7 Å². The largest absolute Gasteiger partial charge is 0.348 e. The number of carbonyl (C=O) groups excluding carboxylic acids is 1. The SMILES string of the molecule is CCc1ccc([C@H](NCC(=O)N[C@H](C)c2ccc(S(N)(=O)=O)cc2)C(C)C)cc1. The van der Waals surface area contributed by atoms with Crippen LogP contribution in [0.2, 0.25) is 0 Å². The quantitative estimate of drug-likeness (QED) is 0.584. The van der Waals surface area contributed by atoms with Crippen LogP contribution in [-0.4, -0.2) is 20.9 Å².